The summed E-state index contributed by atoms with van der Waals surface area (Å²) in [6, 6.07) is 11.4. The standard InChI is InChI=1S/C20H23N3O3/c1-15(19(24)23-9-8-16-5-2-3-6-17(16)23)21-10-12-22(13-11-21)20(25)18-7-4-14-26-18/h2-7,14-15H,8-13H2,1H3/p+1/t15-/m1/s1. The maximum atomic E-state index is 13.0. The zero-order chi connectivity index (χ0) is 18.1. The van der Waals surface area contributed by atoms with Crippen LogP contribution in [-0.4, -0.2) is 55.5 Å². The Labute approximate surface area is 153 Å². The second-order valence-corrected chi connectivity index (χ2v) is 7.02. The third-order valence-corrected chi connectivity index (χ3v) is 5.56. The van der Waals surface area contributed by atoms with Crippen molar-refractivity contribution in [3.63, 3.8) is 0 Å². The van der Waals surface area contributed by atoms with E-state index in [-0.39, 0.29) is 17.9 Å². The van der Waals surface area contributed by atoms with Gasteiger partial charge < -0.3 is 19.1 Å². The summed E-state index contributed by atoms with van der Waals surface area (Å²) in [4.78, 5) is 30.4. The molecule has 0 spiro atoms. The Hall–Kier alpha value is -2.60. The molecular formula is C20H24N3O3+. The van der Waals surface area contributed by atoms with Gasteiger partial charge in [0.05, 0.1) is 32.4 Å². The van der Waals surface area contributed by atoms with E-state index in [1.807, 2.05) is 34.9 Å². The van der Waals surface area contributed by atoms with Crippen LogP contribution in [0.2, 0.25) is 0 Å². The highest BCUT2D eigenvalue weighted by molar-refractivity contribution is 5.98. The molecule has 0 bridgehead atoms. The van der Waals surface area contributed by atoms with Crippen LogP contribution in [0.3, 0.4) is 0 Å². The Morgan fingerprint density at radius 1 is 1.08 bits per heavy atom. The predicted molar refractivity (Wildman–Crippen MR) is 97.3 cm³/mol. The van der Waals surface area contributed by atoms with E-state index in [0.29, 0.717) is 18.8 Å². The van der Waals surface area contributed by atoms with E-state index < -0.39 is 0 Å². The van der Waals surface area contributed by atoms with Gasteiger partial charge in [-0.05, 0) is 37.1 Å². The van der Waals surface area contributed by atoms with Crippen molar-refractivity contribution in [2.75, 3.05) is 37.6 Å². The molecule has 2 aromatic rings. The molecule has 0 unspecified atom stereocenters. The lowest BCUT2D eigenvalue weighted by molar-refractivity contribution is -0.917. The lowest BCUT2D eigenvalue weighted by Crippen LogP contribution is -3.19. The fourth-order valence-corrected chi connectivity index (χ4v) is 3.96. The number of nitrogens with zero attached hydrogens (tertiary/aromatic N) is 2. The molecule has 1 fully saturated rings. The molecule has 6 nitrogen and oxygen atoms in total. The molecule has 3 heterocycles. The van der Waals surface area contributed by atoms with E-state index in [2.05, 4.69) is 6.07 Å². The van der Waals surface area contributed by atoms with Gasteiger partial charge in [0.1, 0.15) is 0 Å². The summed E-state index contributed by atoms with van der Waals surface area (Å²) >= 11 is 0. The SMILES string of the molecule is C[C@H](C(=O)N1CCc2ccccc21)[NH+]1CCN(C(=O)c2ccco2)CC1. The highest BCUT2D eigenvalue weighted by Crippen LogP contribution is 2.27. The van der Waals surface area contributed by atoms with Crippen molar-refractivity contribution in [2.24, 2.45) is 0 Å². The molecule has 1 atom stereocenters. The predicted octanol–water partition coefficient (Wildman–Crippen LogP) is 0.598. The molecule has 1 saturated heterocycles. The van der Waals surface area contributed by atoms with Gasteiger partial charge in [-0.25, -0.2) is 0 Å². The van der Waals surface area contributed by atoms with E-state index in [4.69, 9.17) is 4.42 Å². The Morgan fingerprint density at radius 2 is 1.85 bits per heavy atom. The average molecular weight is 354 g/mol. The molecule has 4 rings (SSSR count). The Kier molecular flexibility index (Phi) is 4.51. The van der Waals surface area contributed by atoms with Crippen LogP contribution in [0, 0.1) is 0 Å². The number of fused-ring (bicyclic) bond motifs is 1. The molecular weight excluding hydrogens is 330 g/mol. The highest BCUT2D eigenvalue weighted by Gasteiger charge is 2.36. The number of quaternary nitrogens is 1. The quantitative estimate of drug-likeness (QED) is 0.878. The molecule has 1 aromatic carbocycles. The molecule has 0 radical (unpaired) electrons. The topological polar surface area (TPSA) is 58.2 Å². The summed E-state index contributed by atoms with van der Waals surface area (Å²) in [6.07, 6.45) is 2.44. The van der Waals surface area contributed by atoms with Crippen LogP contribution in [0.5, 0.6) is 0 Å². The van der Waals surface area contributed by atoms with Gasteiger partial charge in [0.2, 0.25) is 0 Å². The second-order valence-electron chi connectivity index (χ2n) is 7.02. The first-order valence-electron chi connectivity index (χ1n) is 9.22. The lowest BCUT2D eigenvalue weighted by atomic mass is 10.1. The van der Waals surface area contributed by atoms with E-state index in [0.717, 1.165) is 31.7 Å². The molecule has 1 aromatic heterocycles. The van der Waals surface area contributed by atoms with Gasteiger partial charge in [-0.3, -0.25) is 9.59 Å². The normalized spacial score (nSPS) is 18.7. The van der Waals surface area contributed by atoms with Gasteiger partial charge >= 0.3 is 0 Å². The van der Waals surface area contributed by atoms with E-state index in [1.165, 1.54) is 16.7 Å². The first-order valence-corrected chi connectivity index (χ1v) is 9.22. The summed E-state index contributed by atoms with van der Waals surface area (Å²) in [5.41, 5.74) is 2.30. The Balaban J connectivity index is 1.37. The zero-order valence-corrected chi connectivity index (χ0v) is 15.0. The van der Waals surface area contributed by atoms with Gasteiger partial charge in [0.15, 0.2) is 11.8 Å². The number of carbonyl (C=O) groups is 2. The number of benzene rings is 1. The number of piperazine rings is 1. The van der Waals surface area contributed by atoms with Crippen LogP contribution < -0.4 is 9.80 Å². The maximum absolute atomic E-state index is 13.0. The molecule has 0 saturated carbocycles. The molecule has 26 heavy (non-hydrogen) atoms. The van der Waals surface area contributed by atoms with E-state index in [9.17, 15) is 9.59 Å². The first-order chi connectivity index (χ1) is 12.6. The number of carbonyl (C=O) groups excluding carboxylic acids is 2. The average Bonchev–Trinajstić information content (AvgIpc) is 3.36. The number of amides is 2. The molecule has 136 valence electrons. The van der Waals surface area contributed by atoms with Gasteiger partial charge in [-0.15, -0.1) is 0 Å². The summed E-state index contributed by atoms with van der Waals surface area (Å²) in [5.74, 6) is 0.489. The highest BCUT2D eigenvalue weighted by atomic mass is 16.3. The molecule has 1 N–H and O–H groups in total. The summed E-state index contributed by atoms with van der Waals surface area (Å²) in [7, 11) is 0. The van der Waals surface area contributed by atoms with Crippen molar-refractivity contribution in [1.29, 1.82) is 0 Å². The minimum absolute atomic E-state index is 0.0681. The third kappa shape index (κ3) is 3.01. The molecule has 2 amide bonds. The van der Waals surface area contributed by atoms with Gasteiger partial charge in [0.25, 0.3) is 11.8 Å². The number of anilines is 1. The van der Waals surface area contributed by atoms with Crippen molar-refractivity contribution in [3.05, 3.63) is 54.0 Å². The number of hydrogen-bond acceptors (Lipinski definition) is 3. The fourth-order valence-electron chi connectivity index (χ4n) is 3.96. The largest absolute Gasteiger partial charge is 0.459 e. The summed E-state index contributed by atoms with van der Waals surface area (Å²) < 4.78 is 5.20. The van der Waals surface area contributed by atoms with Crippen molar-refractivity contribution >= 4 is 17.5 Å². The number of para-hydroxylation sites is 1. The van der Waals surface area contributed by atoms with Crippen molar-refractivity contribution in [3.8, 4) is 0 Å². The molecule has 2 aliphatic rings. The second kappa shape index (κ2) is 6.96. The Bertz CT molecular complexity index is 794. The van der Waals surface area contributed by atoms with Crippen molar-refractivity contribution < 1.29 is 18.9 Å². The van der Waals surface area contributed by atoms with Crippen molar-refractivity contribution in [2.45, 2.75) is 19.4 Å². The lowest BCUT2D eigenvalue weighted by Gasteiger charge is -2.35. The van der Waals surface area contributed by atoms with E-state index in [1.54, 1.807) is 12.1 Å². The van der Waals surface area contributed by atoms with Crippen LogP contribution in [-0.2, 0) is 11.2 Å². The summed E-state index contributed by atoms with van der Waals surface area (Å²) in [5, 5.41) is 0. The minimum Gasteiger partial charge on any atom is -0.459 e. The smallest absolute Gasteiger partial charge is 0.289 e. The van der Waals surface area contributed by atoms with Crippen LogP contribution in [0.4, 0.5) is 5.69 Å². The van der Waals surface area contributed by atoms with Crippen LogP contribution >= 0.6 is 0 Å². The molecule has 0 aliphatic carbocycles. The zero-order valence-electron chi connectivity index (χ0n) is 15.0. The monoisotopic (exact) mass is 354 g/mol. The molecule has 2 aliphatic heterocycles. The third-order valence-electron chi connectivity index (χ3n) is 5.56. The molecule has 6 heteroatoms. The van der Waals surface area contributed by atoms with Crippen LogP contribution in [0.1, 0.15) is 23.0 Å². The number of hydrogen-bond donors (Lipinski definition) is 1. The Morgan fingerprint density at radius 3 is 2.58 bits per heavy atom. The van der Waals surface area contributed by atoms with Crippen molar-refractivity contribution in [1.82, 2.24) is 4.90 Å². The first kappa shape index (κ1) is 16.8. The number of furan rings is 1. The number of rotatable bonds is 3. The minimum atomic E-state index is -0.109. The van der Waals surface area contributed by atoms with E-state index >= 15 is 0 Å². The van der Waals surface area contributed by atoms with Crippen LogP contribution in [0.15, 0.2) is 47.1 Å². The van der Waals surface area contributed by atoms with Gasteiger partial charge in [-0.1, -0.05) is 18.2 Å². The summed E-state index contributed by atoms with van der Waals surface area (Å²) in [6.45, 7) is 5.59. The van der Waals surface area contributed by atoms with Gasteiger partial charge in [-0.2, -0.15) is 0 Å². The van der Waals surface area contributed by atoms with Crippen LogP contribution in [0.25, 0.3) is 0 Å². The fraction of sp³-hybridized carbons (Fsp3) is 0.400. The number of nitrogens with one attached hydrogen (secondary N) is 1. The van der Waals surface area contributed by atoms with Gasteiger partial charge in [0, 0.05) is 12.2 Å². The maximum Gasteiger partial charge on any atom is 0.289 e.